The first-order chi connectivity index (χ1) is 27.9. The molecule has 0 bridgehead atoms. The lowest BCUT2D eigenvalue weighted by Gasteiger charge is -2.30. The molecule has 11 nitrogen and oxygen atoms in total. The molecule has 3 amide bonds. The lowest BCUT2D eigenvalue weighted by molar-refractivity contribution is -0.118. The second-order valence-corrected chi connectivity index (χ2v) is 16.5. The number of aliphatic hydroxyl groups is 1. The molecule has 0 radical (unpaired) electrons. The summed E-state index contributed by atoms with van der Waals surface area (Å²) in [5, 5.41) is 20.2. The second kappa shape index (κ2) is 20.8. The first-order valence-electron chi connectivity index (χ1n) is 19.4. The summed E-state index contributed by atoms with van der Waals surface area (Å²) < 4.78 is 6.08. The van der Waals surface area contributed by atoms with Crippen LogP contribution >= 0.6 is 34.8 Å². The summed E-state index contributed by atoms with van der Waals surface area (Å²) >= 11 is 19.1. The average Bonchev–Trinajstić information content (AvgIpc) is 3.20. The molecule has 0 aliphatic carbocycles. The number of aryl methyl sites for hydroxylation is 1. The molecule has 0 saturated heterocycles. The van der Waals surface area contributed by atoms with Crippen LogP contribution in [0.2, 0.25) is 15.1 Å². The van der Waals surface area contributed by atoms with Crippen LogP contribution in [0.15, 0.2) is 82.9 Å². The molecule has 4 aromatic carbocycles. The molecule has 0 heterocycles. The van der Waals surface area contributed by atoms with Gasteiger partial charge in [0.25, 0.3) is 17.7 Å². The maximum Gasteiger partial charge on any atom is 0.289 e. The Kier molecular flexibility index (Phi) is 16.5. The van der Waals surface area contributed by atoms with Crippen LogP contribution in [0.25, 0.3) is 0 Å². The van der Waals surface area contributed by atoms with Crippen molar-refractivity contribution in [2.75, 3.05) is 41.5 Å². The fourth-order valence-electron chi connectivity index (χ4n) is 6.02. The van der Waals surface area contributed by atoms with Gasteiger partial charge in [-0.2, -0.15) is 10.1 Å². The van der Waals surface area contributed by atoms with Gasteiger partial charge in [-0.25, -0.2) is 0 Å². The van der Waals surface area contributed by atoms with Crippen molar-refractivity contribution < 1.29 is 24.2 Å². The molecule has 0 aliphatic heterocycles. The number of nitrogens with zero attached hydrogens (tertiary/aromatic N) is 4. The van der Waals surface area contributed by atoms with Crippen LogP contribution in [0.5, 0.6) is 5.75 Å². The fourth-order valence-corrected chi connectivity index (χ4v) is 7.00. The van der Waals surface area contributed by atoms with Crippen molar-refractivity contribution >= 4 is 87.8 Å². The highest BCUT2D eigenvalue weighted by molar-refractivity contribution is 6.44. The van der Waals surface area contributed by atoms with Crippen LogP contribution in [0.3, 0.4) is 0 Å². The third-order valence-corrected chi connectivity index (χ3v) is 11.2. The Morgan fingerprint density at radius 2 is 1.58 bits per heavy atom. The number of hydrogen-bond donors (Lipinski definition) is 3. The Morgan fingerprint density at radius 3 is 2.20 bits per heavy atom. The lowest BCUT2D eigenvalue weighted by atomic mass is 9.76. The first-order valence-corrected chi connectivity index (χ1v) is 20.6. The molecule has 0 spiro atoms. The zero-order valence-electron chi connectivity index (χ0n) is 34.8. The van der Waals surface area contributed by atoms with Gasteiger partial charge in [-0.3, -0.25) is 19.4 Å². The summed E-state index contributed by atoms with van der Waals surface area (Å²) in [7, 11) is 0. The van der Waals surface area contributed by atoms with Crippen LogP contribution in [0, 0.1) is 6.92 Å². The molecule has 0 aliphatic rings. The van der Waals surface area contributed by atoms with Crippen molar-refractivity contribution in [1.82, 2.24) is 5.32 Å². The Hall–Kier alpha value is -4.94. The lowest BCUT2D eigenvalue weighted by Crippen LogP contribution is -2.30. The van der Waals surface area contributed by atoms with Gasteiger partial charge in [0, 0.05) is 40.6 Å². The number of benzene rings is 4. The highest BCUT2D eigenvalue weighted by Gasteiger charge is 2.27. The van der Waals surface area contributed by atoms with E-state index in [2.05, 4.69) is 74.4 Å². The SMILES string of the molecule is CCN(CCO)c1ccc(/N=C\C(=O)N(/N=C/NC(=O)c2cccc(NC(=O)COc3ccc(C(C)(C)CC)cc3C(C)(C)CC)c2)c2c(Cl)cc(Cl)cc2Cl)c(C)c1. The Bertz CT molecular complexity index is 2180. The molecule has 4 aromatic rings. The molecule has 0 fully saturated rings. The fraction of sp³-hybridized carbons (Fsp3) is 0.356. The van der Waals surface area contributed by atoms with Crippen molar-refractivity contribution in [3.05, 3.63) is 110 Å². The summed E-state index contributed by atoms with van der Waals surface area (Å²) in [6, 6.07) is 20.9. The van der Waals surface area contributed by atoms with Crippen LogP contribution in [0.4, 0.5) is 22.7 Å². The van der Waals surface area contributed by atoms with Crippen molar-refractivity contribution in [1.29, 1.82) is 0 Å². The molecule has 314 valence electrons. The van der Waals surface area contributed by atoms with E-state index in [0.29, 0.717) is 30.2 Å². The first kappa shape index (κ1) is 46.7. The van der Waals surface area contributed by atoms with Crippen LogP contribution in [-0.4, -0.2) is 61.7 Å². The number of hydrogen-bond acceptors (Lipinski definition) is 8. The maximum atomic E-state index is 13.6. The third-order valence-electron chi connectivity index (χ3n) is 10.4. The summed E-state index contributed by atoms with van der Waals surface area (Å²) in [4.78, 5) is 46.4. The number of nitrogens with one attached hydrogen (secondary N) is 2. The molecule has 0 aromatic heterocycles. The number of hydrazone groups is 1. The molecule has 0 atom stereocenters. The van der Waals surface area contributed by atoms with E-state index in [9.17, 15) is 19.5 Å². The van der Waals surface area contributed by atoms with E-state index in [1.54, 1.807) is 24.3 Å². The molecule has 4 rings (SSSR count). The number of rotatable bonds is 18. The highest BCUT2D eigenvalue weighted by Crippen LogP contribution is 2.39. The van der Waals surface area contributed by atoms with Gasteiger partial charge in [0.2, 0.25) is 0 Å². The topological polar surface area (TPSA) is 136 Å². The standard InChI is InChI=1S/C45H53Cl3N6O5/c1-9-44(5,6)31-15-18-39(35(23-31)45(7,8)10-2)59-27-40(56)52-33-14-12-13-30(22-33)43(58)50-28-51-54(42-36(47)24-32(46)25-37(42)48)41(57)26-49-38-17-16-34(21-29(38)4)53(11-3)19-20-55/h12-18,21-26,28,55H,9-11,19-20,27H2,1-8H3,(H,52,56)(H,50,51,58)/b49-26-. The molecule has 0 unspecified atom stereocenters. The van der Waals surface area contributed by atoms with Gasteiger partial charge in [-0.15, -0.1) is 0 Å². The van der Waals surface area contributed by atoms with Crippen molar-refractivity contribution in [2.24, 2.45) is 10.1 Å². The van der Waals surface area contributed by atoms with Crippen LogP contribution in [-0.2, 0) is 20.4 Å². The molecule has 59 heavy (non-hydrogen) atoms. The zero-order valence-corrected chi connectivity index (χ0v) is 37.1. The van der Waals surface area contributed by atoms with E-state index in [0.717, 1.165) is 47.2 Å². The molecule has 0 saturated carbocycles. The largest absolute Gasteiger partial charge is 0.483 e. The smallest absolute Gasteiger partial charge is 0.289 e. The van der Waals surface area contributed by atoms with E-state index in [4.69, 9.17) is 39.5 Å². The normalized spacial score (nSPS) is 11.9. The summed E-state index contributed by atoms with van der Waals surface area (Å²) in [5.41, 5.74) is 4.92. The number of carbonyl (C=O) groups excluding carboxylic acids is 3. The number of aliphatic hydroxyl groups excluding tert-OH is 1. The van der Waals surface area contributed by atoms with Crippen molar-refractivity contribution in [3.8, 4) is 5.75 Å². The monoisotopic (exact) mass is 862 g/mol. The number of halogens is 3. The summed E-state index contributed by atoms with van der Waals surface area (Å²) in [6.07, 6.45) is 3.96. The van der Waals surface area contributed by atoms with Gasteiger partial charge in [-0.1, -0.05) is 94.5 Å². The Balaban J connectivity index is 1.48. The summed E-state index contributed by atoms with van der Waals surface area (Å²) in [6.45, 7) is 17.9. The minimum atomic E-state index is -0.724. The van der Waals surface area contributed by atoms with Crippen LogP contribution in [0.1, 0.15) is 88.4 Å². The van der Waals surface area contributed by atoms with Crippen LogP contribution < -0.4 is 25.3 Å². The molecule has 14 heteroatoms. The van der Waals surface area contributed by atoms with Gasteiger partial charge >= 0.3 is 0 Å². The number of aliphatic imine (C=N–C) groups is 1. The minimum Gasteiger partial charge on any atom is -0.483 e. The number of likely N-dealkylation sites (N-methyl/N-ethyl adjacent to an activating group) is 1. The van der Waals surface area contributed by atoms with Gasteiger partial charge < -0.3 is 25.4 Å². The molecular formula is C45H53Cl3N6O5. The minimum absolute atomic E-state index is 0.00562. The van der Waals surface area contributed by atoms with Gasteiger partial charge in [-0.05, 0) is 103 Å². The van der Waals surface area contributed by atoms with Gasteiger partial charge in [0.1, 0.15) is 17.8 Å². The second-order valence-electron chi connectivity index (χ2n) is 15.2. The van der Waals surface area contributed by atoms with Gasteiger partial charge in [0.05, 0.1) is 28.6 Å². The van der Waals surface area contributed by atoms with Crippen molar-refractivity contribution in [2.45, 2.75) is 79.1 Å². The number of amides is 3. The number of ether oxygens (including phenoxy) is 1. The highest BCUT2D eigenvalue weighted by atomic mass is 35.5. The maximum absolute atomic E-state index is 13.6. The van der Waals surface area contributed by atoms with Crippen molar-refractivity contribution in [3.63, 3.8) is 0 Å². The molecule has 3 N–H and O–H groups in total. The Morgan fingerprint density at radius 1 is 0.881 bits per heavy atom. The third kappa shape index (κ3) is 12.3. The average molecular weight is 864 g/mol. The quantitative estimate of drug-likeness (QED) is 0.0518. The number of anilines is 3. The van der Waals surface area contributed by atoms with E-state index in [1.165, 1.54) is 23.8 Å². The number of carbonyl (C=O) groups is 3. The van der Waals surface area contributed by atoms with E-state index in [-0.39, 0.29) is 50.4 Å². The summed E-state index contributed by atoms with van der Waals surface area (Å²) in [5.74, 6) is -1.04. The van der Waals surface area contributed by atoms with E-state index < -0.39 is 17.7 Å². The predicted molar refractivity (Wildman–Crippen MR) is 243 cm³/mol. The van der Waals surface area contributed by atoms with Gasteiger partial charge in [0.15, 0.2) is 6.61 Å². The van der Waals surface area contributed by atoms with E-state index in [1.807, 2.05) is 36.9 Å². The zero-order chi connectivity index (χ0) is 43.5. The van der Waals surface area contributed by atoms with E-state index >= 15 is 0 Å². The molecular weight excluding hydrogens is 811 g/mol. The predicted octanol–water partition coefficient (Wildman–Crippen LogP) is 10.3. The Labute approximate surface area is 362 Å².